The molecule has 1 N–H and O–H groups in total. The Kier molecular flexibility index (Phi) is 4.65. The number of benzene rings is 1. The molecule has 0 bridgehead atoms. The van der Waals surface area contributed by atoms with Gasteiger partial charge in [0.05, 0.1) is 30.6 Å². The van der Waals surface area contributed by atoms with Crippen molar-refractivity contribution in [2.24, 2.45) is 5.41 Å². The van der Waals surface area contributed by atoms with Gasteiger partial charge in [0.15, 0.2) is 0 Å². The molecule has 2 fully saturated rings. The molecule has 2 saturated heterocycles. The highest BCUT2D eigenvalue weighted by atomic mass is 16.5. The van der Waals surface area contributed by atoms with Crippen LogP contribution in [0.1, 0.15) is 19.3 Å². The normalized spacial score (nSPS) is 18.2. The second-order valence-corrected chi connectivity index (χ2v) is 8.06. The molecule has 0 radical (unpaired) electrons. The van der Waals surface area contributed by atoms with Crippen molar-refractivity contribution in [2.75, 3.05) is 36.5 Å². The maximum Gasteiger partial charge on any atom is 0.233 e. The fourth-order valence-electron chi connectivity index (χ4n) is 4.75. The lowest BCUT2D eigenvalue weighted by atomic mass is 9.77. The molecule has 154 valence electrons. The number of aromatic amines is 1. The van der Waals surface area contributed by atoms with Gasteiger partial charge in [0.25, 0.3) is 0 Å². The molecule has 1 aromatic carbocycles. The number of nitrogens with zero attached hydrogens (tertiary/aromatic N) is 4. The first-order valence-electron chi connectivity index (χ1n) is 10.3. The number of H-pyrrole nitrogens is 1. The summed E-state index contributed by atoms with van der Waals surface area (Å²) >= 11 is 0. The molecule has 7 heteroatoms. The number of carbonyl (C=O) groups excluding carboxylic acids is 1. The van der Waals surface area contributed by atoms with E-state index in [9.17, 15) is 4.79 Å². The Hall–Kier alpha value is -3.35. The van der Waals surface area contributed by atoms with Crippen molar-refractivity contribution in [1.29, 1.82) is 0 Å². The molecule has 1 amide bonds. The topological polar surface area (TPSA) is 74.3 Å². The lowest BCUT2D eigenvalue weighted by molar-refractivity contribution is -0.126. The van der Waals surface area contributed by atoms with Crippen LogP contribution < -0.4 is 14.5 Å². The summed E-state index contributed by atoms with van der Waals surface area (Å²) in [7, 11) is 1.66. The van der Waals surface area contributed by atoms with E-state index in [1.54, 1.807) is 19.5 Å². The third-order valence-electron chi connectivity index (χ3n) is 6.55. The predicted octanol–water partition coefficient (Wildman–Crippen LogP) is 3.50. The fraction of sp³-hybridized carbons (Fsp3) is 0.348. The molecule has 1 spiro atoms. The first-order chi connectivity index (χ1) is 14.7. The predicted molar refractivity (Wildman–Crippen MR) is 116 cm³/mol. The number of aromatic nitrogens is 3. The third kappa shape index (κ3) is 3.10. The largest absolute Gasteiger partial charge is 0.496 e. The van der Waals surface area contributed by atoms with Crippen molar-refractivity contribution < 1.29 is 9.53 Å². The van der Waals surface area contributed by atoms with Crippen molar-refractivity contribution in [3.63, 3.8) is 0 Å². The van der Waals surface area contributed by atoms with Crippen LogP contribution >= 0.6 is 0 Å². The van der Waals surface area contributed by atoms with E-state index in [4.69, 9.17) is 4.74 Å². The van der Waals surface area contributed by atoms with E-state index in [1.807, 2.05) is 41.6 Å². The first kappa shape index (κ1) is 18.7. The van der Waals surface area contributed by atoms with E-state index in [0.717, 1.165) is 67.1 Å². The summed E-state index contributed by atoms with van der Waals surface area (Å²) in [6.07, 6.45) is 9.95. The number of amides is 1. The van der Waals surface area contributed by atoms with Crippen molar-refractivity contribution in [2.45, 2.75) is 19.3 Å². The quantitative estimate of drug-likeness (QED) is 0.722. The molecular formula is C23H25N5O2. The van der Waals surface area contributed by atoms with Crippen LogP contribution in [0.15, 0.2) is 55.1 Å². The second kappa shape index (κ2) is 7.48. The second-order valence-electron chi connectivity index (χ2n) is 8.06. The zero-order valence-electron chi connectivity index (χ0n) is 17.0. The van der Waals surface area contributed by atoms with Gasteiger partial charge in [0, 0.05) is 54.9 Å². The van der Waals surface area contributed by atoms with Crippen LogP contribution in [-0.2, 0) is 4.79 Å². The number of piperidine rings is 1. The zero-order chi connectivity index (χ0) is 20.6. The Bertz CT molecular complexity index is 1030. The van der Waals surface area contributed by atoms with E-state index in [1.165, 1.54) is 0 Å². The van der Waals surface area contributed by atoms with Gasteiger partial charge < -0.3 is 14.5 Å². The van der Waals surface area contributed by atoms with Crippen molar-refractivity contribution in [1.82, 2.24) is 15.2 Å². The number of anilines is 2. The Balaban J connectivity index is 1.34. The fourth-order valence-corrected chi connectivity index (χ4v) is 4.75. The maximum absolute atomic E-state index is 13.5. The summed E-state index contributed by atoms with van der Waals surface area (Å²) in [6, 6.07) is 10.0. The molecule has 0 aliphatic carbocycles. The minimum Gasteiger partial charge on any atom is -0.496 e. The molecule has 0 saturated carbocycles. The average molecular weight is 403 g/mol. The molecule has 4 heterocycles. The Morgan fingerprint density at radius 3 is 2.60 bits per heavy atom. The maximum atomic E-state index is 13.5. The van der Waals surface area contributed by atoms with Crippen molar-refractivity contribution in [3.05, 3.63) is 55.1 Å². The van der Waals surface area contributed by atoms with Gasteiger partial charge >= 0.3 is 0 Å². The lowest BCUT2D eigenvalue weighted by Gasteiger charge is -2.39. The first-order valence-corrected chi connectivity index (χ1v) is 10.3. The van der Waals surface area contributed by atoms with E-state index in [2.05, 4.69) is 26.1 Å². The Labute approximate surface area is 175 Å². The summed E-state index contributed by atoms with van der Waals surface area (Å²) in [4.78, 5) is 22.0. The smallest absolute Gasteiger partial charge is 0.233 e. The van der Waals surface area contributed by atoms with Crippen LogP contribution in [0.5, 0.6) is 5.75 Å². The number of pyridine rings is 1. The molecule has 0 atom stereocenters. The van der Waals surface area contributed by atoms with Gasteiger partial charge in [-0.2, -0.15) is 5.10 Å². The van der Waals surface area contributed by atoms with Crippen LogP contribution in [0.4, 0.5) is 11.4 Å². The van der Waals surface area contributed by atoms with Crippen LogP contribution in [-0.4, -0.2) is 47.8 Å². The summed E-state index contributed by atoms with van der Waals surface area (Å²) in [6.45, 7) is 2.52. The van der Waals surface area contributed by atoms with Gasteiger partial charge in [-0.25, -0.2) is 0 Å². The molecule has 3 aromatic rings. The van der Waals surface area contributed by atoms with Crippen LogP contribution in [0.25, 0.3) is 11.1 Å². The average Bonchev–Trinajstić information content (AvgIpc) is 3.44. The molecule has 30 heavy (non-hydrogen) atoms. The molecular weight excluding hydrogens is 378 g/mol. The van der Waals surface area contributed by atoms with Crippen LogP contribution in [0.2, 0.25) is 0 Å². The van der Waals surface area contributed by atoms with Crippen molar-refractivity contribution >= 4 is 17.3 Å². The highest BCUT2D eigenvalue weighted by Crippen LogP contribution is 2.45. The zero-order valence-corrected chi connectivity index (χ0v) is 17.0. The summed E-state index contributed by atoms with van der Waals surface area (Å²) in [5.74, 6) is 0.987. The lowest BCUT2D eigenvalue weighted by Crippen LogP contribution is -2.44. The van der Waals surface area contributed by atoms with Gasteiger partial charge in [-0.05, 0) is 43.5 Å². The number of rotatable bonds is 4. The van der Waals surface area contributed by atoms with Gasteiger partial charge in [0.1, 0.15) is 5.75 Å². The number of hydrogen-bond acceptors (Lipinski definition) is 5. The Morgan fingerprint density at radius 2 is 1.90 bits per heavy atom. The molecule has 7 nitrogen and oxygen atoms in total. The minimum atomic E-state index is -0.255. The third-order valence-corrected chi connectivity index (χ3v) is 6.55. The molecule has 0 unspecified atom stereocenters. The minimum absolute atomic E-state index is 0.242. The highest BCUT2D eigenvalue weighted by Gasteiger charge is 2.48. The van der Waals surface area contributed by atoms with Crippen molar-refractivity contribution in [3.8, 4) is 16.9 Å². The summed E-state index contributed by atoms with van der Waals surface area (Å²) < 4.78 is 5.61. The van der Waals surface area contributed by atoms with Gasteiger partial charge in [0.2, 0.25) is 5.91 Å². The Morgan fingerprint density at radius 1 is 1.07 bits per heavy atom. The van der Waals surface area contributed by atoms with Gasteiger partial charge in [-0.1, -0.05) is 0 Å². The molecule has 5 rings (SSSR count). The van der Waals surface area contributed by atoms with Gasteiger partial charge in [-0.3, -0.25) is 14.9 Å². The van der Waals surface area contributed by atoms with Gasteiger partial charge in [-0.15, -0.1) is 0 Å². The molecule has 2 aromatic heterocycles. The molecule has 2 aliphatic heterocycles. The number of nitrogens with one attached hydrogen (secondary N) is 1. The van der Waals surface area contributed by atoms with E-state index in [0.29, 0.717) is 0 Å². The number of carbonyl (C=O) groups is 1. The van der Waals surface area contributed by atoms with Crippen LogP contribution in [0.3, 0.4) is 0 Å². The number of hydrogen-bond donors (Lipinski definition) is 1. The van der Waals surface area contributed by atoms with E-state index < -0.39 is 0 Å². The highest BCUT2D eigenvalue weighted by molar-refractivity contribution is 6.00. The van der Waals surface area contributed by atoms with E-state index >= 15 is 0 Å². The monoisotopic (exact) mass is 403 g/mol. The standard InChI is InChI=1S/C23H25N5O2/c1-30-21-13-18(4-5-20(21)17-14-25-26-15-17)28-12-8-23(22(28)29)6-10-27(11-7-23)19-3-2-9-24-16-19/h2-5,9,13-16H,6-8,10-12H2,1H3,(H,25,26). The number of ether oxygens (including phenoxy) is 1. The number of methoxy groups -OCH3 is 1. The SMILES string of the molecule is COc1cc(N2CCC3(CCN(c4cccnc4)CC3)C2=O)ccc1-c1cn[nH]c1. The van der Waals surface area contributed by atoms with E-state index in [-0.39, 0.29) is 11.3 Å². The summed E-state index contributed by atoms with van der Waals surface area (Å²) in [5.41, 5.74) is 3.70. The molecule has 2 aliphatic rings. The summed E-state index contributed by atoms with van der Waals surface area (Å²) in [5, 5.41) is 6.85. The van der Waals surface area contributed by atoms with Crippen LogP contribution in [0, 0.1) is 5.41 Å².